The Balaban J connectivity index is 1.32. The van der Waals surface area contributed by atoms with Crippen LogP contribution in [0.3, 0.4) is 0 Å². The third kappa shape index (κ3) is 4.36. The van der Waals surface area contributed by atoms with Gasteiger partial charge in [0, 0.05) is 24.0 Å². The highest BCUT2D eigenvalue weighted by molar-refractivity contribution is 7.15. The highest BCUT2D eigenvalue weighted by atomic mass is 32.1. The van der Waals surface area contributed by atoms with Gasteiger partial charge in [0.15, 0.2) is 5.82 Å². The third-order valence-electron chi connectivity index (χ3n) is 4.38. The van der Waals surface area contributed by atoms with Gasteiger partial charge < -0.3 is 10.6 Å². The average molecular weight is 426 g/mol. The second-order valence-corrected chi connectivity index (χ2v) is 8.13. The van der Waals surface area contributed by atoms with E-state index in [9.17, 15) is 9.59 Å². The summed E-state index contributed by atoms with van der Waals surface area (Å²) in [4.78, 5) is 30.5. The number of benzene rings is 1. The molecule has 0 unspecified atom stereocenters. The number of hydrogen-bond donors (Lipinski definition) is 2. The minimum Gasteiger partial charge on any atom is -0.347 e. The van der Waals surface area contributed by atoms with E-state index in [1.165, 1.54) is 16.9 Å². The van der Waals surface area contributed by atoms with Crippen molar-refractivity contribution in [2.75, 3.05) is 11.9 Å². The number of rotatable bonds is 6. The summed E-state index contributed by atoms with van der Waals surface area (Å²) in [6.07, 6.45) is 1.47. The van der Waals surface area contributed by atoms with E-state index in [1.807, 2.05) is 35.0 Å². The standard InChI is InChI=1S/C20H19N5O2S2/c1-2-13-5-7-14(8-6-13)22-19(27)18(26)21-10-9-15-12-29-20-23-17(24-25(15)20)16-4-3-11-28-16/h3-8,11-12H,2,9-10H2,1H3,(H,21,26)(H,22,27). The Kier molecular flexibility index (Phi) is 5.68. The maximum Gasteiger partial charge on any atom is 0.313 e. The van der Waals surface area contributed by atoms with E-state index in [4.69, 9.17) is 0 Å². The highest BCUT2D eigenvalue weighted by Crippen LogP contribution is 2.24. The smallest absolute Gasteiger partial charge is 0.313 e. The van der Waals surface area contributed by atoms with Gasteiger partial charge in [-0.05, 0) is 35.6 Å². The molecule has 0 saturated carbocycles. The second kappa shape index (κ2) is 8.54. The van der Waals surface area contributed by atoms with E-state index in [-0.39, 0.29) is 0 Å². The summed E-state index contributed by atoms with van der Waals surface area (Å²) in [6.45, 7) is 2.39. The van der Waals surface area contributed by atoms with Crippen molar-refractivity contribution < 1.29 is 9.59 Å². The molecule has 0 saturated heterocycles. The van der Waals surface area contributed by atoms with Crippen LogP contribution in [-0.2, 0) is 22.4 Å². The minimum atomic E-state index is -0.676. The molecule has 4 aromatic rings. The maximum absolute atomic E-state index is 12.1. The topological polar surface area (TPSA) is 88.4 Å². The first-order valence-corrected chi connectivity index (χ1v) is 10.9. The summed E-state index contributed by atoms with van der Waals surface area (Å²) in [7, 11) is 0. The highest BCUT2D eigenvalue weighted by Gasteiger charge is 2.15. The number of thiophene rings is 1. The number of carbonyl (C=O) groups is 2. The Bertz CT molecular complexity index is 1130. The van der Waals surface area contributed by atoms with Crippen LogP contribution in [0.2, 0.25) is 0 Å². The number of nitrogens with one attached hydrogen (secondary N) is 2. The quantitative estimate of drug-likeness (QED) is 0.464. The molecular formula is C20H19N5O2S2. The fourth-order valence-corrected chi connectivity index (χ4v) is 4.31. The van der Waals surface area contributed by atoms with E-state index in [0.717, 1.165) is 22.0 Å². The summed E-state index contributed by atoms with van der Waals surface area (Å²) in [6, 6.07) is 11.4. The molecule has 3 aromatic heterocycles. The van der Waals surface area contributed by atoms with Crippen LogP contribution in [0.15, 0.2) is 47.2 Å². The molecule has 0 aliphatic rings. The van der Waals surface area contributed by atoms with Gasteiger partial charge in [-0.25, -0.2) is 4.52 Å². The van der Waals surface area contributed by atoms with Crippen molar-refractivity contribution in [1.29, 1.82) is 0 Å². The third-order valence-corrected chi connectivity index (χ3v) is 6.12. The van der Waals surface area contributed by atoms with E-state index in [0.29, 0.717) is 24.5 Å². The van der Waals surface area contributed by atoms with Gasteiger partial charge in [0.1, 0.15) is 0 Å². The maximum atomic E-state index is 12.1. The molecule has 0 fully saturated rings. The van der Waals surface area contributed by atoms with Crippen LogP contribution in [-0.4, -0.2) is 33.0 Å². The lowest BCUT2D eigenvalue weighted by atomic mass is 10.1. The number of hydrogen-bond acceptors (Lipinski definition) is 6. The lowest BCUT2D eigenvalue weighted by molar-refractivity contribution is -0.136. The van der Waals surface area contributed by atoms with Crippen LogP contribution in [0.25, 0.3) is 15.7 Å². The second-order valence-electron chi connectivity index (χ2n) is 6.34. The van der Waals surface area contributed by atoms with Crippen molar-refractivity contribution >= 4 is 45.1 Å². The summed E-state index contributed by atoms with van der Waals surface area (Å²) < 4.78 is 1.79. The molecule has 4 rings (SSSR count). The van der Waals surface area contributed by atoms with Crippen LogP contribution >= 0.6 is 22.7 Å². The van der Waals surface area contributed by atoms with Crippen LogP contribution in [0, 0.1) is 0 Å². The molecule has 7 nitrogen and oxygen atoms in total. The van der Waals surface area contributed by atoms with Gasteiger partial charge in [-0.1, -0.05) is 25.1 Å². The molecule has 3 heterocycles. The van der Waals surface area contributed by atoms with Crippen LogP contribution in [0.4, 0.5) is 5.69 Å². The summed E-state index contributed by atoms with van der Waals surface area (Å²) in [5.41, 5.74) is 2.71. The lowest BCUT2D eigenvalue weighted by Crippen LogP contribution is -2.36. The first kappa shape index (κ1) is 19.3. The number of anilines is 1. The predicted octanol–water partition coefficient (Wildman–Crippen LogP) is 3.38. The van der Waals surface area contributed by atoms with Crippen LogP contribution in [0.1, 0.15) is 18.2 Å². The molecule has 2 amide bonds. The average Bonchev–Trinajstić information content (AvgIpc) is 3.46. The number of carbonyl (C=O) groups excluding carboxylic acids is 2. The normalized spacial score (nSPS) is 10.9. The van der Waals surface area contributed by atoms with Gasteiger partial charge in [0.2, 0.25) is 4.96 Å². The number of aryl methyl sites for hydroxylation is 1. The Morgan fingerprint density at radius 3 is 2.66 bits per heavy atom. The Labute approximate surface area is 175 Å². The molecule has 148 valence electrons. The first-order chi connectivity index (χ1) is 14.1. The van der Waals surface area contributed by atoms with E-state index < -0.39 is 11.8 Å². The van der Waals surface area contributed by atoms with E-state index >= 15 is 0 Å². The molecule has 2 N–H and O–H groups in total. The Morgan fingerprint density at radius 2 is 1.93 bits per heavy atom. The number of amides is 2. The Morgan fingerprint density at radius 1 is 1.10 bits per heavy atom. The van der Waals surface area contributed by atoms with Crippen molar-refractivity contribution in [3.8, 4) is 10.7 Å². The van der Waals surface area contributed by atoms with Gasteiger partial charge in [0.05, 0.1) is 10.6 Å². The SMILES string of the molecule is CCc1ccc(NC(=O)C(=O)NCCc2csc3nc(-c4cccs4)nn23)cc1. The van der Waals surface area contributed by atoms with E-state index in [2.05, 4.69) is 27.6 Å². The molecule has 1 aromatic carbocycles. The molecular weight excluding hydrogens is 406 g/mol. The zero-order chi connectivity index (χ0) is 20.2. The van der Waals surface area contributed by atoms with Crippen LogP contribution in [0.5, 0.6) is 0 Å². The van der Waals surface area contributed by atoms with Gasteiger partial charge in [-0.3, -0.25) is 9.59 Å². The van der Waals surface area contributed by atoms with Gasteiger partial charge >= 0.3 is 11.8 Å². The van der Waals surface area contributed by atoms with Crippen molar-refractivity contribution in [3.63, 3.8) is 0 Å². The zero-order valence-corrected chi connectivity index (χ0v) is 17.3. The molecule has 0 bridgehead atoms. The van der Waals surface area contributed by atoms with Gasteiger partial charge in [-0.15, -0.1) is 27.8 Å². The summed E-state index contributed by atoms with van der Waals surface area (Å²) in [5.74, 6) is -0.634. The molecule has 0 radical (unpaired) electrons. The lowest BCUT2D eigenvalue weighted by Gasteiger charge is -2.07. The fourth-order valence-electron chi connectivity index (χ4n) is 2.80. The van der Waals surface area contributed by atoms with Crippen LogP contribution < -0.4 is 10.6 Å². The summed E-state index contributed by atoms with van der Waals surface area (Å²) in [5, 5.41) is 13.8. The number of fused-ring (bicyclic) bond motifs is 1. The molecule has 0 aliphatic carbocycles. The number of nitrogens with zero attached hydrogens (tertiary/aromatic N) is 3. The Hall–Kier alpha value is -3.04. The fraction of sp³-hybridized carbons (Fsp3) is 0.200. The van der Waals surface area contributed by atoms with Gasteiger partial charge in [-0.2, -0.15) is 4.98 Å². The largest absolute Gasteiger partial charge is 0.347 e. The molecule has 0 atom stereocenters. The molecule has 9 heteroatoms. The number of thiazole rings is 1. The van der Waals surface area contributed by atoms with E-state index in [1.54, 1.807) is 28.0 Å². The molecule has 0 spiro atoms. The zero-order valence-electron chi connectivity index (χ0n) is 15.7. The van der Waals surface area contributed by atoms with Gasteiger partial charge in [0.25, 0.3) is 0 Å². The number of aromatic nitrogens is 3. The first-order valence-electron chi connectivity index (χ1n) is 9.19. The molecule has 29 heavy (non-hydrogen) atoms. The van der Waals surface area contributed by atoms with Crippen molar-refractivity contribution in [3.05, 3.63) is 58.4 Å². The monoisotopic (exact) mass is 425 g/mol. The summed E-state index contributed by atoms with van der Waals surface area (Å²) >= 11 is 3.10. The van der Waals surface area contributed by atoms with Crippen molar-refractivity contribution in [2.45, 2.75) is 19.8 Å². The van der Waals surface area contributed by atoms with Crippen molar-refractivity contribution in [2.24, 2.45) is 0 Å². The van der Waals surface area contributed by atoms with Crippen molar-refractivity contribution in [1.82, 2.24) is 19.9 Å². The molecule has 0 aliphatic heterocycles. The minimum absolute atomic E-state index is 0.334. The predicted molar refractivity (Wildman–Crippen MR) is 115 cm³/mol.